The molecular formula is C20H36IN3O2S. The number of sulfone groups is 1. The van der Waals surface area contributed by atoms with E-state index in [1.54, 1.807) is 27.8 Å². The fourth-order valence-electron chi connectivity index (χ4n) is 2.43. The highest BCUT2D eigenvalue weighted by Crippen LogP contribution is 2.22. The van der Waals surface area contributed by atoms with Gasteiger partial charge in [-0.25, -0.2) is 8.42 Å². The van der Waals surface area contributed by atoms with Gasteiger partial charge in [-0.05, 0) is 38.3 Å². The predicted molar refractivity (Wildman–Crippen MR) is 127 cm³/mol. The predicted octanol–water partition coefficient (Wildman–Crippen LogP) is 3.52. The summed E-state index contributed by atoms with van der Waals surface area (Å²) in [6.45, 7) is 12.7. The number of hydrogen-bond donors (Lipinski definition) is 2. The van der Waals surface area contributed by atoms with Crippen molar-refractivity contribution in [1.29, 1.82) is 0 Å². The first-order valence-electron chi connectivity index (χ1n) is 9.19. The van der Waals surface area contributed by atoms with Gasteiger partial charge in [-0.1, -0.05) is 45.0 Å². The number of aliphatic imine (C=N–C) groups is 1. The lowest BCUT2D eigenvalue weighted by Crippen LogP contribution is -2.45. The quantitative estimate of drug-likeness (QED) is 0.335. The van der Waals surface area contributed by atoms with Gasteiger partial charge in [0.2, 0.25) is 0 Å². The van der Waals surface area contributed by atoms with E-state index in [1.807, 2.05) is 0 Å². The first-order valence-corrected chi connectivity index (χ1v) is 10.8. The van der Waals surface area contributed by atoms with Crippen LogP contribution in [0.5, 0.6) is 0 Å². The molecule has 0 atom stereocenters. The van der Waals surface area contributed by atoms with Gasteiger partial charge in [0.25, 0.3) is 0 Å². The Kier molecular flexibility index (Phi) is 10.3. The van der Waals surface area contributed by atoms with E-state index < -0.39 is 14.6 Å². The minimum Gasteiger partial charge on any atom is -0.356 e. The topological polar surface area (TPSA) is 70.6 Å². The van der Waals surface area contributed by atoms with Gasteiger partial charge < -0.3 is 10.6 Å². The molecule has 0 spiro atoms. The van der Waals surface area contributed by atoms with Crippen LogP contribution >= 0.6 is 24.0 Å². The van der Waals surface area contributed by atoms with E-state index >= 15 is 0 Å². The first-order chi connectivity index (χ1) is 11.9. The molecule has 27 heavy (non-hydrogen) atoms. The summed E-state index contributed by atoms with van der Waals surface area (Å²) in [4.78, 5) is 4.19. The van der Waals surface area contributed by atoms with E-state index in [0.29, 0.717) is 19.0 Å². The Bertz CT molecular complexity index is 706. The summed E-state index contributed by atoms with van der Waals surface area (Å²) in [5.74, 6) is 0.700. The number of nitrogens with zero attached hydrogens (tertiary/aromatic N) is 1. The molecule has 5 nitrogen and oxygen atoms in total. The minimum atomic E-state index is -3.14. The van der Waals surface area contributed by atoms with Crippen molar-refractivity contribution < 1.29 is 8.42 Å². The van der Waals surface area contributed by atoms with Crippen LogP contribution in [-0.2, 0) is 21.7 Å². The number of guanidine groups is 1. The first kappa shape index (κ1) is 26.2. The van der Waals surface area contributed by atoms with E-state index in [4.69, 9.17) is 0 Å². The maximum atomic E-state index is 12.2. The summed E-state index contributed by atoms with van der Waals surface area (Å²) in [6, 6.07) is 8.68. The maximum absolute atomic E-state index is 12.2. The van der Waals surface area contributed by atoms with E-state index in [-0.39, 0.29) is 35.1 Å². The monoisotopic (exact) mass is 509 g/mol. The molecule has 0 aromatic heterocycles. The van der Waals surface area contributed by atoms with Crippen LogP contribution < -0.4 is 10.6 Å². The van der Waals surface area contributed by atoms with Crippen molar-refractivity contribution in [2.45, 2.75) is 58.1 Å². The average Bonchev–Trinajstić information content (AvgIpc) is 2.56. The molecule has 156 valence electrons. The Morgan fingerprint density at radius 3 is 2.04 bits per heavy atom. The standard InChI is InChI=1S/C20H35N3O2S.HI/c1-8-16-9-11-17(12-10-16)20(5,6)15-23-18(21-7)22-13-14-26(24,25)19(2,3)4;/h9-12H,8,13-15H2,1-7H3,(H2,21,22,23);1H. The van der Waals surface area contributed by atoms with Gasteiger partial charge in [0.1, 0.15) is 0 Å². The molecule has 0 amide bonds. The molecule has 0 fully saturated rings. The fraction of sp³-hybridized carbons (Fsp3) is 0.650. The number of halogens is 1. The molecule has 0 unspecified atom stereocenters. The molecule has 1 aromatic carbocycles. The van der Waals surface area contributed by atoms with Gasteiger partial charge in [0.15, 0.2) is 15.8 Å². The Labute approximate surface area is 182 Å². The summed E-state index contributed by atoms with van der Waals surface area (Å²) >= 11 is 0. The molecule has 0 saturated heterocycles. The van der Waals surface area contributed by atoms with Crippen LogP contribution in [-0.4, -0.2) is 45.0 Å². The molecule has 0 bridgehead atoms. The van der Waals surface area contributed by atoms with Crippen molar-refractivity contribution in [3.63, 3.8) is 0 Å². The highest BCUT2D eigenvalue weighted by atomic mass is 127. The van der Waals surface area contributed by atoms with Gasteiger partial charge in [0, 0.05) is 25.6 Å². The van der Waals surface area contributed by atoms with Gasteiger partial charge in [-0.2, -0.15) is 0 Å². The molecule has 0 aliphatic heterocycles. The van der Waals surface area contributed by atoms with Crippen LogP contribution in [0.2, 0.25) is 0 Å². The Morgan fingerprint density at radius 2 is 1.59 bits per heavy atom. The summed E-state index contributed by atoms with van der Waals surface area (Å²) in [5, 5.41) is 6.41. The highest BCUT2D eigenvalue weighted by molar-refractivity contribution is 14.0. The van der Waals surface area contributed by atoms with Gasteiger partial charge in [0.05, 0.1) is 10.5 Å². The van der Waals surface area contributed by atoms with Crippen molar-refractivity contribution >= 4 is 39.8 Å². The van der Waals surface area contributed by atoms with Crippen molar-refractivity contribution in [3.05, 3.63) is 35.4 Å². The number of rotatable bonds is 7. The average molecular weight is 509 g/mol. The van der Waals surface area contributed by atoms with E-state index in [1.165, 1.54) is 11.1 Å². The third-order valence-corrected chi connectivity index (χ3v) is 7.27. The lowest BCUT2D eigenvalue weighted by Gasteiger charge is -2.27. The van der Waals surface area contributed by atoms with Crippen LogP contribution in [0.3, 0.4) is 0 Å². The van der Waals surface area contributed by atoms with E-state index in [2.05, 4.69) is 60.7 Å². The number of aryl methyl sites for hydroxylation is 1. The number of benzene rings is 1. The molecular weight excluding hydrogens is 473 g/mol. The second kappa shape index (κ2) is 10.6. The lowest BCUT2D eigenvalue weighted by atomic mass is 9.84. The molecule has 0 saturated carbocycles. The van der Waals surface area contributed by atoms with Gasteiger partial charge >= 0.3 is 0 Å². The van der Waals surface area contributed by atoms with Crippen molar-refractivity contribution in [1.82, 2.24) is 10.6 Å². The molecule has 0 aliphatic rings. The van der Waals surface area contributed by atoms with Gasteiger partial charge in [-0.3, -0.25) is 4.99 Å². The van der Waals surface area contributed by atoms with Crippen LogP contribution in [0.1, 0.15) is 52.7 Å². The molecule has 1 rings (SSSR count). The van der Waals surface area contributed by atoms with Crippen molar-refractivity contribution in [2.24, 2.45) is 4.99 Å². The third kappa shape index (κ3) is 7.97. The van der Waals surface area contributed by atoms with E-state index in [0.717, 1.165) is 6.42 Å². The largest absolute Gasteiger partial charge is 0.356 e. The van der Waals surface area contributed by atoms with Crippen molar-refractivity contribution in [3.8, 4) is 0 Å². The van der Waals surface area contributed by atoms with Crippen LogP contribution in [0.4, 0.5) is 0 Å². The van der Waals surface area contributed by atoms with Crippen LogP contribution in [0.15, 0.2) is 29.3 Å². The summed E-state index contributed by atoms with van der Waals surface area (Å²) in [5.41, 5.74) is 2.52. The maximum Gasteiger partial charge on any atom is 0.191 e. The number of nitrogens with one attached hydrogen (secondary N) is 2. The normalized spacial score (nSPS) is 13.1. The molecule has 2 N–H and O–H groups in total. The second-order valence-corrected chi connectivity index (χ2v) is 11.1. The summed E-state index contributed by atoms with van der Waals surface area (Å²) in [7, 11) is -1.45. The zero-order valence-corrected chi connectivity index (χ0v) is 20.9. The van der Waals surface area contributed by atoms with Gasteiger partial charge in [-0.15, -0.1) is 24.0 Å². The molecule has 0 radical (unpaired) electrons. The third-order valence-electron chi connectivity index (χ3n) is 4.66. The van der Waals surface area contributed by atoms with Crippen LogP contribution in [0, 0.1) is 0 Å². The van der Waals surface area contributed by atoms with Crippen molar-refractivity contribution in [2.75, 3.05) is 25.9 Å². The second-order valence-electron chi connectivity index (χ2n) is 8.22. The minimum absolute atomic E-state index is 0. The summed E-state index contributed by atoms with van der Waals surface area (Å²) in [6.07, 6.45) is 1.03. The highest BCUT2D eigenvalue weighted by Gasteiger charge is 2.28. The molecule has 0 aliphatic carbocycles. The number of hydrogen-bond acceptors (Lipinski definition) is 3. The SMILES string of the molecule is CCc1ccc(C(C)(C)CNC(=NC)NCCS(=O)(=O)C(C)(C)C)cc1.I. The Balaban J connectivity index is 0.00000676. The van der Waals surface area contributed by atoms with E-state index in [9.17, 15) is 8.42 Å². The lowest BCUT2D eigenvalue weighted by molar-refractivity contribution is 0.508. The molecule has 0 heterocycles. The fourth-order valence-corrected chi connectivity index (χ4v) is 3.41. The molecule has 1 aromatic rings. The molecule has 7 heteroatoms. The summed E-state index contributed by atoms with van der Waals surface area (Å²) < 4.78 is 23.6. The Hall–Kier alpha value is -0.830. The zero-order valence-electron chi connectivity index (χ0n) is 17.7. The zero-order chi connectivity index (χ0) is 20.0. The smallest absolute Gasteiger partial charge is 0.191 e. The van der Waals surface area contributed by atoms with Crippen LogP contribution in [0.25, 0.3) is 0 Å². The Morgan fingerprint density at radius 1 is 1.04 bits per heavy atom.